The molecule has 1 aromatic heterocycles. The van der Waals surface area contributed by atoms with Crippen molar-refractivity contribution in [2.75, 3.05) is 18.4 Å². The van der Waals surface area contributed by atoms with Gasteiger partial charge in [0.1, 0.15) is 5.82 Å². The Morgan fingerprint density at radius 2 is 1.83 bits per heavy atom. The molecular formula is C15H13ClFN3O4. The minimum absolute atomic E-state index is 0.0511. The van der Waals surface area contributed by atoms with Gasteiger partial charge in [-0.25, -0.2) is 4.39 Å². The lowest BCUT2D eigenvalue weighted by atomic mass is 10.3. The zero-order valence-electron chi connectivity index (χ0n) is 12.3. The molecule has 0 bridgehead atoms. The van der Waals surface area contributed by atoms with Gasteiger partial charge in [-0.05, 0) is 30.3 Å². The summed E-state index contributed by atoms with van der Waals surface area (Å²) in [7, 11) is 0. The lowest BCUT2D eigenvalue weighted by molar-refractivity contribution is -0.123. The van der Waals surface area contributed by atoms with Crippen LogP contribution in [0.25, 0.3) is 0 Å². The van der Waals surface area contributed by atoms with Crippen LogP contribution in [0, 0.1) is 5.82 Å². The van der Waals surface area contributed by atoms with E-state index in [1.807, 2.05) is 0 Å². The SMILES string of the molecule is O=C(CNC(=O)c1ccco1)NCC(=O)Nc1ccc(Cl)cc1F. The Morgan fingerprint density at radius 3 is 2.50 bits per heavy atom. The second kappa shape index (κ2) is 8.11. The van der Waals surface area contributed by atoms with E-state index in [-0.39, 0.29) is 29.6 Å². The van der Waals surface area contributed by atoms with Crippen LogP contribution in [0.15, 0.2) is 41.0 Å². The van der Waals surface area contributed by atoms with Crippen molar-refractivity contribution >= 4 is 35.0 Å². The fraction of sp³-hybridized carbons (Fsp3) is 0.133. The number of carbonyl (C=O) groups is 3. The smallest absolute Gasteiger partial charge is 0.287 e. The Kier molecular flexibility index (Phi) is 5.91. The van der Waals surface area contributed by atoms with Gasteiger partial charge in [-0.3, -0.25) is 14.4 Å². The summed E-state index contributed by atoms with van der Waals surface area (Å²) in [6, 6.07) is 6.76. The van der Waals surface area contributed by atoms with Gasteiger partial charge >= 0.3 is 0 Å². The molecule has 7 nitrogen and oxygen atoms in total. The number of halogens is 2. The van der Waals surface area contributed by atoms with Crippen molar-refractivity contribution in [3.8, 4) is 0 Å². The van der Waals surface area contributed by atoms with Crippen LogP contribution in [0.2, 0.25) is 5.02 Å². The first-order valence-electron chi connectivity index (χ1n) is 6.79. The summed E-state index contributed by atoms with van der Waals surface area (Å²) in [5, 5.41) is 7.10. The molecule has 3 amide bonds. The predicted molar refractivity (Wildman–Crippen MR) is 84.1 cm³/mol. The molecule has 0 fully saturated rings. The van der Waals surface area contributed by atoms with Gasteiger partial charge in [-0.2, -0.15) is 0 Å². The first kappa shape index (κ1) is 17.5. The number of furan rings is 1. The van der Waals surface area contributed by atoms with Crippen LogP contribution in [0.5, 0.6) is 0 Å². The summed E-state index contributed by atoms with van der Waals surface area (Å²) in [4.78, 5) is 34.7. The zero-order chi connectivity index (χ0) is 17.5. The first-order valence-corrected chi connectivity index (χ1v) is 7.17. The Hall–Kier alpha value is -2.87. The van der Waals surface area contributed by atoms with E-state index < -0.39 is 23.5 Å². The highest BCUT2D eigenvalue weighted by molar-refractivity contribution is 6.30. The molecule has 3 N–H and O–H groups in total. The van der Waals surface area contributed by atoms with Crippen molar-refractivity contribution in [1.29, 1.82) is 0 Å². The van der Waals surface area contributed by atoms with E-state index in [0.717, 1.165) is 6.07 Å². The molecule has 9 heteroatoms. The molecule has 1 aromatic carbocycles. The van der Waals surface area contributed by atoms with Crippen molar-refractivity contribution in [3.63, 3.8) is 0 Å². The van der Waals surface area contributed by atoms with E-state index in [9.17, 15) is 18.8 Å². The predicted octanol–water partition coefficient (Wildman–Crippen LogP) is 1.56. The van der Waals surface area contributed by atoms with E-state index in [4.69, 9.17) is 16.0 Å². The fourth-order valence-electron chi connectivity index (χ4n) is 1.68. The average molecular weight is 354 g/mol. The molecule has 0 radical (unpaired) electrons. The van der Waals surface area contributed by atoms with Gasteiger partial charge in [0.25, 0.3) is 5.91 Å². The van der Waals surface area contributed by atoms with Gasteiger partial charge in [0.15, 0.2) is 5.76 Å². The molecular weight excluding hydrogens is 341 g/mol. The molecule has 0 aliphatic heterocycles. The molecule has 2 rings (SSSR count). The summed E-state index contributed by atoms with van der Waals surface area (Å²) < 4.78 is 18.4. The third-order valence-corrected chi connectivity index (χ3v) is 3.04. The molecule has 1 heterocycles. The Labute approximate surface area is 141 Å². The highest BCUT2D eigenvalue weighted by atomic mass is 35.5. The Morgan fingerprint density at radius 1 is 1.08 bits per heavy atom. The molecule has 0 aliphatic carbocycles. The monoisotopic (exact) mass is 353 g/mol. The fourth-order valence-corrected chi connectivity index (χ4v) is 1.84. The largest absolute Gasteiger partial charge is 0.459 e. The molecule has 0 atom stereocenters. The van der Waals surface area contributed by atoms with Crippen molar-refractivity contribution in [1.82, 2.24) is 10.6 Å². The Bertz CT molecular complexity index is 749. The second-order valence-electron chi connectivity index (χ2n) is 4.61. The Balaban J connectivity index is 1.73. The summed E-state index contributed by atoms with van der Waals surface area (Å²) in [6.07, 6.45) is 1.33. The summed E-state index contributed by atoms with van der Waals surface area (Å²) in [5.41, 5.74) is -0.0511. The molecule has 0 aliphatic rings. The lowest BCUT2D eigenvalue weighted by Gasteiger charge is -2.08. The molecule has 0 saturated carbocycles. The third-order valence-electron chi connectivity index (χ3n) is 2.81. The van der Waals surface area contributed by atoms with Crippen LogP contribution < -0.4 is 16.0 Å². The minimum atomic E-state index is -0.687. The van der Waals surface area contributed by atoms with Gasteiger partial charge in [-0.15, -0.1) is 0 Å². The minimum Gasteiger partial charge on any atom is -0.459 e. The van der Waals surface area contributed by atoms with Gasteiger partial charge in [0, 0.05) is 5.02 Å². The van der Waals surface area contributed by atoms with Crippen LogP contribution in [0.3, 0.4) is 0 Å². The number of hydrogen-bond acceptors (Lipinski definition) is 4. The highest BCUT2D eigenvalue weighted by Gasteiger charge is 2.12. The van der Waals surface area contributed by atoms with E-state index in [1.165, 1.54) is 30.5 Å². The molecule has 126 valence electrons. The van der Waals surface area contributed by atoms with Crippen molar-refractivity contribution < 1.29 is 23.2 Å². The number of anilines is 1. The number of rotatable bonds is 6. The van der Waals surface area contributed by atoms with Crippen LogP contribution in [-0.4, -0.2) is 30.8 Å². The normalized spacial score (nSPS) is 10.1. The van der Waals surface area contributed by atoms with E-state index in [2.05, 4.69) is 16.0 Å². The summed E-state index contributed by atoms with van der Waals surface area (Å²) in [6.45, 7) is -0.709. The van der Waals surface area contributed by atoms with Crippen LogP contribution >= 0.6 is 11.6 Å². The third kappa shape index (κ3) is 5.10. The van der Waals surface area contributed by atoms with E-state index in [1.54, 1.807) is 0 Å². The zero-order valence-corrected chi connectivity index (χ0v) is 13.0. The maximum atomic E-state index is 13.5. The molecule has 0 saturated heterocycles. The van der Waals surface area contributed by atoms with Gasteiger partial charge in [-0.1, -0.05) is 11.6 Å². The summed E-state index contributed by atoms with van der Waals surface area (Å²) >= 11 is 5.60. The van der Waals surface area contributed by atoms with E-state index in [0.29, 0.717) is 0 Å². The lowest BCUT2D eigenvalue weighted by Crippen LogP contribution is -2.40. The van der Waals surface area contributed by atoms with Crippen molar-refractivity contribution in [2.45, 2.75) is 0 Å². The molecule has 0 spiro atoms. The van der Waals surface area contributed by atoms with Gasteiger partial charge in [0.05, 0.1) is 25.0 Å². The highest BCUT2D eigenvalue weighted by Crippen LogP contribution is 2.18. The maximum Gasteiger partial charge on any atom is 0.287 e. The van der Waals surface area contributed by atoms with Gasteiger partial charge in [0.2, 0.25) is 11.8 Å². The quantitative estimate of drug-likeness (QED) is 0.733. The molecule has 2 aromatic rings. The number of benzene rings is 1. The molecule has 24 heavy (non-hydrogen) atoms. The number of amides is 3. The van der Waals surface area contributed by atoms with E-state index >= 15 is 0 Å². The standard InChI is InChI=1S/C15H13ClFN3O4/c16-9-3-4-11(10(17)6-9)20-14(22)8-18-13(21)7-19-15(23)12-2-1-5-24-12/h1-6H,7-8H2,(H,18,21)(H,19,23)(H,20,22). The average Bonchev–Trinajstić information content (AvgIpc) is 3.08. The topological polar surface area (TPSA) is 100 Å². The first-order chi connectivity index (χ1) is 11.5. The van der Waals surface area contributed by atoms with Crippen LogP contribution in [-0.2, 0) is 9.59 Å². The number of nitrogens with one attached hydrogen (secondary N) is 3. The van der Waals surface area contributed by atoms with Gasteiger partial charge < -0.3 is 20.4 Å². The molecule has 0 unspecified atom stereocenters. The van der Waals surface area contributed by atoms with Crippen LogP contribution in [0.4, 0.5) is 10.1 Å². The second-order valence-corrected chi connectivity index (χ2v) is 5.05. The van der Waals surface area contributed by atoms with Crippen molar-refractivity contribution in [2.24, 2.45) is 0 Å². The maximum absolute atomic E-state index is 13.5. The number of carbonyl (C=O) groups excluding carboxylic acids is 3. The van der Waals surface area contributed by atoms with Crippen LogP contribution in [0.1, 0.15) is 10.6 Å². The summed E-state index contributed by atoms with van der Waals surface area (Å²) in [5.74, 6) is -2.38. The van der Waals surface area contributed by atoms with Crippen molar-refractivity contribution in [3.05, 3.63) is 53.2 Å². The number of hydrogen-bond donors (Lipinski definition) is 3.